The van der Waals surface area contributed by atoms with Gasteiger partial charge in [-0.2, -0.15) is 0 Å². The normalized spacial score (nSPS) is 11.3. The molecule has 0 radical (unpaired) electrons. The van der Waals surface area contributed by atoms with E-state index in [2.05, 4.69) is 9.97 Å². The van der Waals surface area contributed by atoms with Gasteiger partial charge in [-0.05, 0) is 18.2 Å². The van der Waals surface area contributed by atoms with Crippen molar-refractivity contribution in [2.24, 2.45) is 0 Å². The molecule has 0 saturated carbocycles. The molecule has 4 aromatic rings. The van der Waals surface area contributed by atoms with Gasteiger partial charge in [0.05, 0.1) is 27.6 Å². The summed E-state index contributed by atoms with van der Waals surface area (Å²) in [5, 5.41) is 20.7. The molecule has 0 fully saturated rings. The second-order valence-electron chi connectivity index (χ2n) is 5.04. The second kappa shape index (κ2) is 4.39. The lowest BCUT2D eigenvalue weighted by atomic mass is 10.1. The molecule has 0 aliphatic rings. The molecule has 0 amide bonds. The van der Waals surface area contributed by atoms with E-state index in [1.54, 1.807) is 12.1 Å². The van der Waals surface area contributed by atoms with Crippen molar-refractivity contribution in [1.29, 1.82) is 0 Å². The minimum absolute atomic E-state index is 0.152. The fourth-order valence-corrected chi connectivity index (χ4v) is 2.62. The first-order valence-corrected chi connectivity index (χ1v) is 6.69. The molecule has 22 heavy (non-hydrogen) atoms. The molecule has 0 aliphatic heterocycles. The zero-order valence-electron chi connectivity index (χ0n) is 11.3. The predicted molar refractivity (Wildman–Crippen MR) is 83.2 cm³/mol. The van der Waals surface area contributed by atoms with Crippen molar-refractivity contribution in [3.05, 3.63) is 54.1 Å². The number of hydrogen-bond acceptors (Lipinski definition) is 4. The van der Waals surface area contributed by atoms with Gasteiger partial charge in [0.15, 0.2) is 0 Å². The Labute approximate surface area is 124 Å². The van der Waals surface area contributed by atoms with E-state index in [1.165, 1.54) is 12.1 Å². The Hall–Kier alpha value is -3.21. The summed E-state index contributed by atoms with van der Waals surface area (Å²) in [6.45, 7) is 0. The van der Waals surface area contributed by atoms with Gasteiger partial charge >= 0.3 is 5.97 Å². The fraction of sp³-hybridized carbons (Fsp3) is 0. The monoisotopic (exact) mass is 290 g/mol. The van der Waals surface area contributed by atoms with Crippen LogP contribution in [0.3, 0.4) is 0 Å². The van der Waals surface area contributed by atoms with Crippen molar-refractivity contribution in [3.63, 3.8) is 0 Å². The van der Waals surface area contributed by atoms with Crippen LogP contribution in [0.5, 0.6) is 5.75 Å². The Bertz CT molecular complexity index is 1070. The number of carboxylic acid groups (broad SMARTS) is 1. The molecule has 0 unspecified atom stereocenters. The third-order valence-electron chi connectivity index (χ3n) is 3.67. The Balaban J connectivity index is 2.16. The van der Waals surface area contributed by atoms with E-state index in [9.17, 15) is 9.90 Å². The molecule has 0 bridgehead atoms. The van der Waals surface area contributed by atoms with Crippen LogP contribution in [-0.4, -0.2) is 26.2 Å². The van der Waals surface area contributed by atoms with Crippen molar-refractivity contribution in [1.82, 2.24) is 9.97 Å². The van der Waals surface area contributed by atoms with Gasteiger partial charge in [0, 0.05) is 16.8 Å². The van der Waals surface area contributed by atoms with Crippen LogP contribution in [0.25, 0.3) is 32.8 Å². The molecule has 5 heteroatoms. The summed E-state index contributed by atoms with van der Waals surface area (Å²) in [5.74, 6) is -0.849. The molecule has 1 heterocycles. The average molecular weight is 290 g/mol. The highest BCUT2D eigenvalue weighted by molar-refractivity contribution is 6.08. The van der Waals surface area contributed by atoms with Crippen molar-refractivity contribution in [3.8, 4) is 5.75 Å². The van der Waals surface area contributed by atoms with Gasteiger partial charge in [0.1, 0.15) is 5.75 Å². The Morgan fingerprint density at radius 3 is 2.41 bits per heavy atom. The predicted octanol–water partition coefficient (Wildman–Crippen LogP) is 3.34. The van der Waals surface area contributed by atoms with Crippen LogP contribution in [0.4, 0.5) is 0 Å². The third kappa shape index (κ3) is 1.76. The zero-order chi connectivity index (χ0) is 15.3. The van der Waals surface area contributed by atoms with Gasteiger partial charge in [-0.1, -0.05) is 24.3 Å². The number of carboxylic acids is 1. The number of aromatic nitrogens is 2. The van der Waals surface area contributed by atoms with E-state index in [1.807, 2.05) is 24.3 Å². The van der Waals surface area contributed by atoms with Gasteiger partial charge < -0.3 is 10.2 Å². The highest BCUT2D eigenvalue weighted by atomic mass is 16.4. The second-order valence-corrected chi connectivity index (χ2v) is 5.04. The molecule has 0 spiro atoms. The molecule has 3 aromatic carbocycles. The Kier molecular flexibility index (Phi) is 2.50. The number of phenolic OH excluding ortho intramolecular Hbond substituents is 1. The van der Waals surface area contributed by atoms with Crippen molar-refractivity contribution < 1.29 is 15.0 Å². The SMILES string of the molecule is O=C(O)c1ccc2nc3cc(O)c4ccccc4c3nc2c1. The minimum Gasteiger partial charge on any atom is -0.507 e. The van der Waals surface area contributed by atoms with Gasteiger partial charge in [-0.25, -0.2) is 14.8 Å². The fourth-order valence-electron chi connectivity index (χ4n) is 2.62. The quantitative estimate of drug-likeness (QED) is 0.415. The maximum Gasteiger partial charge on any atom is 0.335 e. The Morgan fingerprint density at radius 1 is 0.864 bits per heavy atom. The minimum atomic E-state index is -1.00. The van der Waals surface area contributed by atoms with Crippen LogP contribution in [-0.2, 0) is 0 Å². The molecule has 0 saturated heterocycles. The van der Waals surface area contributed by atoms with Gasteiger partial charge in [-0.3, -0.25) is 0 Å². The molecule has 4 rings (SSSR count). The molecule has 0 atom stereocenters. The maximum atomic E-state index is 11.1. The van der Waals surface area contributed by atoms with E-state index in [-0.39, 0.29) is 11.3 Å². The first-order chi connectivity index (χ1) is 10.6. The number of hydrogen-bond donors (Lipinski definition) is 2. The molecular formula is C17H10N2O3. The summed E-state index contributed by atoms with van der Waals surface area (Å²) in [7, 11) is 0. The number of nitrogens with zero attached hydrogens (tertiary/aromatic N) is 2. The van der Waals surface area contributed by atoms with Crippen molar-refractivity contribution >= 4 is 38.8 Å². The van der Waals surface area contributed by atoms with Crippen LogP contribution in [0.2, 0.25) is 0 Å². The van der Waals surface area contributed by atoms with Crippen molar-refractivity contribution in [2.45, 2.75) is 0 Å². The van der Waals surface area contributed by atoms with E-state index in [0.717, 1.165) is 5.39 Å². The Morgan fingerprint density at radius 2 is 1.64 bits per heavy atom. The summed E-state index contributed by atoms with van der Waals surface area (Å²) < 4.78 is 0. The summed E-state index contributed by atoms with van der Waals surface area (Å²) in [6.07, 6.45) is 0. The number of aromatic carboxylic acids is 1. The number of aromatic hydroxyl groups is 1. The summed E-state index contributed by atoms with van der Waals surface area (Å²) >= 11 is 0. The molecule has 106 valence electrons. The van der Waals surface area contributed by atoms with Crippen LogP contribution in [0, 0.1) is 0 Å². The van der Waals surface area contributed by atoms with E-state index >= 15 is 0 Å². The lowest BCUT2D eigenvalue weighted by Crippen LogP contribution is -1.97. The van der Waals surface area contributed by atoms with Gasteiger partial charge in [0.25, 0.3) is 0 Å². The van der Waals surface area contributed by atoms with Gasteiger partial charge in [0.2, 0.25) is 0 Å². The molecule has 1 aromatic heterocycles. The summed E-state index contributed by atoms with van der Waals surface area (Å²) in [5.41, 5.74) is 2.50. The summed E-state index contributed by atoms with van der Waals surface area (Å²) in [4.78, 5) is 20.1. The maximum absolute atomic E-state index is 11.1. The van der Waals surface area contributed by atoms with Crippen LogP contribution < -0.4 is 0 Å². The highest BCUT2D eigenvalue weighted by Gasteiger charge is 2.11. The smallest absolute Gasteiger partial charge is 0.335 e. The van der Waals surface area contributed by atoms with Crippen LogP contribution in [0.15, 0.2) is 48.5 Å². The highest BCUT2D eigenvalue weighted by Crippen LogP contribution is 2.31. The van der Waals surface area contributed by atoms with Crippen LogP contribution >= 0.6 is 0 Å². The molecule has 0 aliphatic carbocycles. The zero-order valence-corrected chi connectivity index (χ0v) is 11.3. The number of rotatable bonds is 1. The van der Waals surface area contributed by atoms with E-state index in [4.69, 9.17) is 5.11 Å². The lowest BCUT2D eigenvalue weighted by Gasteiger charge is -2.07. The average Bonchev–Trinajstić information content (AvgIpc) is 2.53. The standard InChI is InChI=1S/C17H10N2O3/c20-15-8-14-16(11-4-2-1-3-10(11)15)19-13-7-9(17(21)22)5-6-12(13)18-14/h1-8,20H,(H,21,22). The number of carbonyl (C=O) groups is 1. The largest absolute Gasteiger partial charge is 0.507 e. The van der Waals surface area contributed by atoms with E-state index < -0.39 is 5.97 Å². The number of fused-ring (bicyclic) bond motifs is 4. The summed E-state index contributed by atoms with van der Waals surface area (Å²) in [6, 6.07) is 13.6. The van der Waals surface area contributed by atoms with E-state index in [0.29, 0.717) is 27.5 Å². The number of phenols is 1. The molecule has 5 nitrogen and oxygen atoms in total. The molecular weight excluding hydrogens is 280 g/mol. The number of benzene rings is 3. The third-order valence-corrected chi connectivity index (χ3v) is 3.67. The van der Waals surface area contributed by atoms with Crippen molar-refractivity contribution in [2.75, 3.05) is 0 Å². The first kappa shape index (κ1) is 12.5. The van der Waals surface area contributed by atoms with Crippen LogP contribution in [0.1, 0.15) is 10.4 Å². The van der Waals surface area contributed by atoms with Gasteiger partial charge in [-0.15, -0.1) is 0 Å². The lowest BCUT2D eigenvalue weighted by molar-refractivity contribution is 0.0697. The molecule has 2 N–H and O–H groups in total. The topological polar surface area (TPSA) is 83.3 Å². The first-order valence-electron chi connectivity index (χ1n) is 6.69.